The fraction of sp³-hybridized carbons (Fsp3) is 0.292. The highest BCUT2D eigenvalue weighted by Gasteiger charge is 2.38. The summed E-state index contributed by atoms with van der Waals surface area (Å²) in [5, 5.41) is 30.2. The number of methoxy groups -OCH3 is 6. The Hall–Kier alpha value is -7.95. The molecular weight excluding hydrogens is 1390 g/mol. The van der Waals surface area contributed by atoms with Crippen LogP contribution in [0.25, 0.3) is 0 Å². The lowest BCUT2D eigenvalue weighted by Crippen LogP contribution is -2.39. The van der Waals surface area contributed by atoms with Crippen LogP contribution >= 0.6 is 34.8 Å². The van der Waals surface area contributed by atoms with Gasteiger partial charge in [-0.05, 0) is 163 Å². The molecule has 0 saturated carbocycles. The van der Waals surface area contributed by atoms with E-state index in [1.54, 1.807) is 134 Å². The molecule has 0 radical (unpaired) electrons. The third-order valence-corrected chi connectivity index (χ3v) is 23.3. The summed E-state index contributed by atoms with van der Waals surface area (Å²) in [6, 6.07) is 52.5. The number of aliphatic hydroxyl groups excluding tert-OH is 3. The zero-order valence-electron chi connectivity index (χ0n) is 56.0. The van der Waals surface area contributed by atoms with Crippen LogP contribution in [0.15, 0.2) is 201 Å². The van der Waals surface area contributed by atoms with Gasteiger partial charge in [0.2, 0.25) is 30.1 Å². The minimum Gasteiger partial charge on any atom is -0.497 e. The maximum absolute atomic E-state index is 13.6. The lowest BCUT2D eigenvalue weighted by atomic mass is 10.2. The molecular formula is C72H81Cl3N6O15S3. The first kappa shape index (κ1) is 78.4. The van der Waals surface area contributed by atoms with Crippen LogP contribution in [0.4, 0.5) is 0 Å². The Bertz CT molecular complexity index is 3710. The number of halogens is 3. The number of sulfonamides is 3. The maximum Gasteiger partial charge on any atom is 0.220 e. The number of ether oxygens (including phenoxy) is 6. The van der Waals surface area contributed by atoms with Crippen molar-refractivity contribution in [2.45, 2.75) is 94.1 Å². The van der Waals surface area contributed by atoms with E-state index >= 15 is 0 Å². The molecule has 3 aromatic heterocycles. The van der Waals surface area contributed by atoms with Gasteiger partial charge in [-0.15, -0.1) is 0 Å². The molecule has 0 aliphatic carbocycles. The van der Waals surface area contributed by atoms with E-state index in [1.807, 2.05) is 72.8 Å². The van der Waals surface area contributed by atoms with Crippen LogP contribution in [0.1, 0.15) is 89.5 Å². The van der Waals surface area contributed by atoms with Crippen molar-refractivity contribution in [2.24, 2.45) is 0 Å². The number of pyridine rings is 3. The number of hydrogen-bond acceptors (Lipinski definition) is 18. The molecule has 0 aliphatic rings. The highest BCUT2D eigenvalue weighted by molar-refractivity contribution is 7.90. The van der Waals surface area contributed by atoms with Gasteiger partial charge in [-0.3, -0.25) is 15.0 Å². The molecule has 0 aliphatic heterocycles. The van der Waals surface area contributed by atoms with Crippen LogP contribution in [0.2, 0.25) is 15.1 Å². The molecule has 0 bridgehead atoms. The molecule has 27 heteroatoms. The average molecular weight is 1470 g/mol. The van der Waals surface area contributed by atoms with Gasteiger partial charge < -0.3 is 43.7 Å². The van der Waals surface area contributed by atoms with Crippen LogP contribution in [0.3, 0.4) is 0 Å². The maximum atomic E-state index is 13.6. The minimum atomic E-state index is -3.94. The van der Waals surface area contributed by atoms with Crippen LogP contribution in [-0.4, -0.2) is 127 Å². The third kappa shape index (κ3) is 22.0. The number of nitrogens with zero attached hydrogens (tertiary/aromatic N) is 6. The Morgan fingerprint density at radius 3 is 0.596 bits per heavy atom. The van der Waals surface area contributed by atoms with Gasteiger partial charge in [-0.25, -0.2) is 25.3 Å². The van der Waals surface area contributed by atoms with Crippen LogP contribution in [-0.2, 0) is 69.3 Å². The summed E-state index contributed by atoms with van der Waals surface area (Å²) < 4.78 is 117. The van der Waals surface area contributed by atoms with E-state index in [-0.39, 0.29) is 56.4 Å². The van der Waals surface area contributed by atoms with Crippen molar-refractivity contribution in [3.8, 4) is 34.5 Å². The molecule has 0 fully saturated rings. The normalized spacial score (nSPS) is 13.5. The minimum absolute atomic E-state index is 0.128. The second-order valence-electron chi connectivity index (χ2n) is 22.7. The summed E-state index contributed by atoms with van der Waals surface area (Å²) in [5.74, 6) is 4.09. The van der Waals surface area contributed by atoms with Gasteiger partial charge in [0.25, 0.3) is 0 Å². The molecule has 21 nitrogen and oxygen atoms in total. The van der Waals surface area contributed by atoms with Crippen LogP contribution < -0.4 is 28.4 Å². The molecule has 3 N–H and O–H groups in total. The molecule has 6 aromatic carbocycles. The zero-order chi connectivity index (χ0) is 72.0. The van der Waals surface area contributed by atoms with Crippen molar-refractivity contribution in [3.63, 3.8) is 0 Å². The second-order valence-corrected chi connectivity index (χ2v) is 30.9. The van der Waals surface area contributed by atoms with Crippen molar-refractivity contribution in [1.82, 2.24) is 27.9 Å². The summed E-state index contributed by atoms with van der Waals surface area (Å²) in [6.45, 7) is 5.20. The zero-order valence-corrected chi connectivity index (χ0v) is 60.8. The lowest BCUT2D eigenvalue weighted by Gasteiger charge is -2.28. The van der Waals surface area contributed by atoms with Gasteiger partial charge in [-0.1, -0.05) is 108 Å². The van der Waals surface area contributed by atoms with Gasteiger partial charge in [0.15, 0.2) is 0 Å². The van der Waals surface area contributed by atoms with Crippen molar-refractivity contribution in [2.75, 3.05) is 42.7 Å². The molecule has 0 amide bonds. The van der Waals surface area contributed by atoms with Gasteiger partial charge in [0.05, 0.1) is 74.8 Å². The molecule has 528 valence electrons. The first-order valence-corrected chi connectivity index (χ1v) is 36.5. The SMILES string of the molecule is COc1ccc(CN(Cc2ccc(OC)cc2)S(=O)(=O)[C@@H](C)[C@H](O)c2ccc(Cl)cn2)cc1.COc1ccc(CN(Cc2ccc(OC)cc2)S(=O)(=O)[C@@H](C)[C@H](O)c2ccc(Cl)cn2)cc1.COc1ccc(CN(Cc2ccc(OC)cc2)S(=O)(=O)[C@H](C)[C@@H](O)c2ccc(Cl)cn2)cc1. The monoisotopic (exact) mass is 1470 g/mol. The van der Waals surface area contributed by atoms with E-state index in [2.05, 4.69) is 15.0 Å². The Labute approximate surface area is 595 Å². The lowest BCUT2D eigenvalue weighted by molar-refractivity contribution is 0.167. The molecule has 0 spiro atoms. The van der Waals surface area contributed by atoms with Crippen molar-refractivity contribution in [3.05, 3.63) is 266 Å². The van der Waals surface area contributed by atoms with Gasteiger partial charge >= 0.3 is 0 Å². The van der Waals surface area contributed by atoms with Crippen LogP contribution in [0.5, 0.6) is 34.5 Å². The number of benzene rings is 6. The highest BCUT2D eigenvalue weighted by Crippen LogP contribution is 2.32. The number of hydrogen-bond donors (Lipinski definition) is 3. The number of aromatic nitrogens is 3. The molecule has 6 atom stereocenters. The second kappa shape index (κ2) is 36.9. The topological polar surface area (TPSA) is 267 Å². The van der Waals surface area contributed by atoms with E-state index in [0.717, 1.165) is 33.4 Å². The van der Waals surface area contributed by atoms with E-state index in [0.29, 0.717) is 49.6 Å². The first-order valence-electron chi connectivity index (χ1n) is 30.9. The summed E-state index contributed by atoms with van der Waals surface area (Å²) in [5.41, 5.74) is 5.47. The van der Waals surface area contributed by atoms with Gasteiger partial charge in [-0.2, -0.15) is 12.9 Å². The van der Waals surface area contributed by atoms with Crippen molar-refractivity contribution in [1.29, 1.82) is 0 Å². The third-order valence-electron chi connectivity index (χ3n) is 16.1. The Morgan fingerprint density at radius 1 is 0.303 bits per heavy atom. The predicted octanol–water partition coefficient (Wildman–Crippen LogP) is 12.6. The van der Waals surface area contributed by atoms with E-state index in [9.17, 15) is 40.6 Å². The summed E-state index contributed by atoms with van der Waals surface area (Å²) >= 11 is 17.6. The van der Waals surface area contributed by atoms with Crippen LogP contribution in [0, 0.1) is 0 Å². The highest BCUT2D eigenvalue weighted by atomic mass is 35.5. The molecule has 99 heavy (non-hydrogen) atoms. The Kier molecular flexibility index (Phi) is 29.2. The fourth-order valence-corrected chi connectivity index (χ4v) is 15.0. The predicted molar refractivity (Wildman–Crippen MR) is 383 cm³/mol. The summed E-state index contributed by atoms with van der Waals surface area (Å²) in [7, 11) is -2.38. The number of rotatable bonds is 30. The molecule has 9 aromatic rings. The van der Waals surface area contributed by atoms with Crippen molar-refractivity contribution >= 4 is 64.9 Å². The Balaban J connectivity index is 0.000000209. The van der Waals surface area contributed by atoms with E-state index in [4.69, 9.17) is 63.2 Å². The molecule has 0 saturated heterocycles. The standard InChI is InChI=1S/3C24H27ClN2O5S/c3*1-17(24(28)23-13-8-20(25)14-26-23)33(29,30)27(15-18-4-9-21(31-2)10-5-18)16-19-6-11-22(32-3)12-7-19/h3*4-14,17,24,28H,15-16H2,1-3H3/t3*17-,24-/m100/s1. The smallest absolute Gasteiger partial charge is 0.220 e. The van der Waals surface area contributed by atoms with E-state index < -0.39 is 64.1 Å². The Morgan fingerprint density at radius 2 is 0.465 bits per heavy atom. The largest absolute Gasteiger partial charge is 0.497 e. The average Bonchev–Trinajstić information content (AvgIpc) is 0.815. The van der Waals surface area contributed by atoms with E-state index in [1.165, 1.54) is 70.5 Å². The van der Waals surface area contributed by atoms with Gasteiger partial charge in [0, 0.05) is 57.9 Å². The number of aliphatic hydroxyl groups is 3. The molecule has 9 rings (SSSR count). The van der Waals surface area contributed by atoms with Crippen molar-refractivity contribution < 1.29 is 69.0 Å². The molecule has 3 heterocycles. The summed E-state index contributed by atoms with van der Waals surface area (Å²) in [6.07, 6.45) is 0.188. The van der Waals surface area contributed by atoms with Gasteiger partial charge in [0.1, 0.15) is 68.6 Å². The summed E-state index contributed by atoms with van der Waals surface area (Å²) in [4.78, 5) is 12.3. The fourth-order valence-electron chi connectivity index (χ4n) is 9.92. The molecule has 0 unspecified atom stereocenters. The quantitative estimate of drug-likeness (QED) is 0.0378. The first-order chi connectivity index (χ1) is 47.2.